The number of thiazole rings is 1. The van der Waals surface area contributed by atoms with Gasteiger partial charge >= 0.3 is 0 Å². The number of nitrogens with zero attached hydrogens (tertiary/aromatic N) is 3. The molecule has 6 rings (SSSR count). The Morgan fingerprint density at radius 2 is 1.95 bits per heavy atom. The zero-order valence-electron chi connectivity index (χ0n) is 21.6. The second-order valence-corrected chi connectivity index (χ2v) is 13.2. The number of fused-ring (bicyclic) bond motifs is 4. The number of piperidine rings is 1. The monoisotopic (exact) mass is 552 g/mol. The van der Waals surface area contributed by atoms with Crippen molar-refractivity contribution in [1.29, 1.82) is 0 Å². The normalized spacial score (nSPS) is 20.1. The Morgan fingerprint density at radius 3 is 2.61 bits per heavy atom. The van der Waals surface area contributed by atoms with Gasteiger partial charge in [-0.3, -0.25) is 4.90 Å². The predicted octanol–water partition coefficient (Wildman–Crippen LogP) is 4.21. The zero-order valence-corrected chi connectivity index (χ0v) is 23.2. The summed E-state index contributed by atoms with van der Waals surface area (Å²) in [5, 5.41) is 14.8. The van der Waals surface area contributed by atoms with Crippen LogP contribution in [0.4, 0.5) is 0 Å². The lowest BCUT2D eigenvalue weighted by Crippen LogP contribution is -2.55. The van der Waals surface area contributed by atoms with Gasteiger partial charge in [0.25, 0.3) is 0 Å². The summed E-state index contributed by atoms with van der Waals surface area (Å²) in [5.74, 6) is 0.730. The average Bonchev–Trinajstić information content (AvgIpc) is 3.58. The van der Waals surface area contributed by atoms with Crippen LogP contribution in [0.1, 0.15) is 40.7 Å². The van der Waals surface area contributed by atoms with Gasteiger partial charge in [0.15, 0.2) is 0 Å². The summed E-state index contributed by atoms with van der Waals surface area (Å²) in [4.78, 5) is 10.6. The number of likely N-dealkylation sites (tertiary alicyclic amines) is 1. The van der Waals surface area contributed by atoms with Crippen molar-refractivity contribution >= 4 is 32.3 Å². The highest BCUT2D eigenvalue weighted by atomic mass is 32.2. The standard InChI is InChI=1S/C28H32N4O4S2/c1-19-3-6-21(7-4-19)38(34,35)32-18-28(9-12-31(13-10-28)16-25-29-11-14-37-25)26-22-8-5-20(36-2)15-23(22)30-27(26)24(32)17-33/h3-8,11,14-15,24,30,33H,9-10,12-13,16-18H2,1-2H3/t24-/m0/s1. The third-order valence-corrected chi connectivity index (χ3v) is 10.8. The first-order chi connectivity index (χ1) is 18.3. The lowest BCUT2D eigenvalue weighted by atomic mass is 9.69. The van der Waals surface area contributed by atoms with Gasteiger partial charge in [0.2, 0.25) is 10.0 Å². The Bertz CT molecular complexity index is 1540. The number of benzene rings is 2. The molecule has 2 aromatic carbocycles. The summed E-state index contributed by atoms with van der Waals surface area (Å²) < 4.78 is 35.1. The number of methoxy groups -OCH3 is 1. The number of aliphatic hydroxyl groups excluding tert-OH is 1. The molecule has 4 aromatic rings. The number of hydrogen-bond acceptors (Lipinski definition) is 7. The van der Waals surface area contributed by atoms with Gasteiger partial charge in [-0.25, -0.2) is 13.4 Å². The number of aryl methyl sites for hydroxylation is 1. The predicted molar refractivity (Wildman–Crippen MR) is 148 cm³/mol. The molecule has 1 fully saturated rings. The lowest BCUT2D eigenvalue weighted by molar-refractivity contribution is 0.0931. The second-order valence-electron chi connectivity index (χ2n) is 10.4. The highest BCUT2D eigenvalue weighted by Crippen LogP contribution is 2.50. The molecule has 1 spiro atoms. The molecule has 200 valence electrons. The van der Waals surface area contributed by atoms with Crippen molar-refractivity contribution in [3.63, 3.8) is 0 Å². The lowest BCUT2D eigenvalue weighted by Gasteiger charge is -2.49. The Labute approximate surface area is 226 Å². The van der Waals surface area contributed by atoms with Crippen LogP contribution >= 0.6 is 11.3 Å². The highest BCUT2D eigenvalue weighted by molar-refractivity contribution is 7.89. The van der Waals surface area contributed by atoms with Crippen LogP contribution in [0.5, 0.6) is 5.75 Å². The molecular formula is C28H32N4O4S2. The van der Waals surface area contributed by atoms with E-state index in [1.807, 2.05) is 42.8 Å². The number of aliphatic hydroxyl groups is 1. The fourth-order valence-electron chi connectivity index (χ4n) is 6.13. The van der Waals surface area contributed by atoms with Gasteiger partial charge in [-0.2, -0.15) is 4.31 Å². The van der Waals surface area contributed by atoms with Crippen LogP contribution in [0, 0.1) is 6.92 Å². The van der Waals surface area contributed by atoms with Crippen LogP contribution in [0.2, 0.25) is 0 Å². The molecule has 2 aliphatic rings. The molecular weight excluding hydrogens is 520 g/mol. The van der Waals surface area contributed by atoms with E-state index in [2.05, 4.69) is 20.9 Å². The average molecular weight is 553 g/mol. The zero-order chi connectivity index (χ0) is 26.5. The largest absolute Gasteiger partial charge is 0.497 e. The number of ether oxygens (including phenoxy) is 1. The minimum Gasteiger partial charge on any atom is -0.497 e. The van der Waals surface area contributed by atoms with Gasteiger partial charge in [0.05, 0.1) is 31.2 Å². The van der Waals surface area contributed by atoms with Gasteiger partial charge in [-0.1, -0.05) is 17.7 Å². The van der Waals surface area contributed by atoms with E-state index in [4.69, 9.17) is 4.74 Å². The summed E-state index contributed by atoms with van der Waals surface area (Å²) >= 11 is 1.66. The van der Waals surface area contributed by atoms with E-state index < -0.39 is 16.1 Å². The van der Waals surface area contributed by atoms with Crippen LogP contribution in [-0.4, -0.2) is 66.0 Å². The summed E-state index contributed by atoms with van der Waals surface area (Å²) in [6.45, 7) is 4.43. The molecule has 0 amide bonds. The van der Waals surface area contributed by atoms with Gasteiger partial charge < -0.3 is 14.8 Å². The van der Waals surface area contributed by atoms with Crippen molar-refractivity contribution in [2.75, 3.05) is 33.4 Å². The Balaban J connectivity index is 1.45. The third-order valence-electron chi connectivity index (χ3n) is 8.16. The Hall–Kier alpha value is -2.76. The van der Waals surface area contributed by atoms with Crippen LogP contribution in [0.15, 0.2) is 58.9 Å². The molecule has 4 heterocycles. The SMILES string of the molecule is COc1ccc2c3c([nH]c2c1)[C@H](CO)N(S(=O)(=O)c1ccc(C)cc1)CC31CCN(Cc2nccs2)CC1. The van der Waals surface area contributed by atoms with Gasteiger partial charge in [-0.15, -0.1) is 11.3 Å². The minimum atomic E-state index is -3.86. The molecule has 0 saturated carbocycles. The molecule has 8 nitrogen and oxygen atoms in total. The van der Waals surface area contributed by atoms with Crippen molar-refractivity contribution in [3.05, 3.63) is 75.9 Å². The summed E-state index contributed by atoms with van der Waals surface area (Å²) in [6, 6.07) is 12.2. The molecule has 0 unspecified atom stereocenters. The van der Waals surface area contributed by atoms with E-state index in [-0.39, 0.29) is 16.9 Å². The smallest absolute Gasteiger partial charge is 0.243 e. The first kappa shape index (κ1) is 25.5. The maximum Gasteiger partial charge on any atom is 0.243 e. The first-order valence-electron chi connectivity index (χ1n) is 12.8. The maximum absolute atomic E-state index is 14.1. The van der Waals surface area contributed by atoms with E-state index in [0.29, 0.717) is 6.54 Å². The molecule has 1 saturated heterocycles. The molecule has 0 aliphatic carbocycles. The molecule has 2 aliphatic heterocycles. The van der Waals surface area contributed by atoms with Crippen molar-refractivity contribution in [3.8, 4) is 5.75 Å². The quantitative estimate of drug-likeness (QED) is 0.372. The number of nitrogens with one attached hydrogen (secondary N) is 1. The third kappa shape index (κ3) is 4.24. The molecule has 2 N–H and O–H groups in total. The van der Waals surface area contributed by atoms with E-state index in [1.54, 1.807) is 30.6 Å². The van der Waals surface area contributed by atoms with E-state index >= 15 is 0 Å². The van der Waals surface area contributed by atoms with E-state index in [1.165, 1.54) is 4.31 Å². The number of H-pyrrole nitrogens is 1. The number of aromatic amines is 1. The minimum absolute atomic E-state index is 0.249. The molecule has 0 bridgehead atoms. The van der Waals surface area contributed by atoms with Gasteiger partial charge in [0, 0.05) is 46.2 Å². The number of aromatic nitrogens is 2. The van der Waals surface area contributed by atoms with Crippen molar-refractivity contribution in [2.24, 2.45) is 0 Å². The van der Waals surface area contributed by atoms with E-state index in [0.717, 1.165) is 71.0 Å². The maximum atomic E-state index is 14.1. The van der Waals surface area contributed by atoms with E-state index in [9.17, 15) is 13.5 Å². The van der Waals surface area contributed by atoms with Crippen LogP contribution < -0.4 is 4.74 Å². The summed E-state index contributed by atoms with van der Waals surface area (Å²) in [5.41, 5.74) is 3.43. The molecule has 1 atom stereocenters. The number of sulfonamides is 1. The number of hydrogen-bond donors (Lipinski definition) is 2. The van der Waals surface area contributed by atoms with Crippen LogP contribution in [0.3, 0.4) is 0 Å². The molecule has 0 radical (unpaired) electrons. The topological polar surface area (TPSA) is 98.8 Å². The van der Waals surface area contributed by atoms with Gasteiger partial charge in [0.1, 0.15) is 10.8 Å². The molecule has 38 heavy (non-hydrogen) atoms. The first-order valence-corrected chi connectivity index (χ1v) is 15.2. The Morgan fingerprint density at radius 1 is 1.18 bits per heavy atom. The van der Waals surface area contributed by atoms with Crippen LogP contribution in [0.25, 0.3) is 10.9 Å². The van der Waals surface area contributed by atoms with Crippen molar-refractivity contribution < 1.29 is 18.3 Å². The fraction of sp³-hybridized carbons (Fsp3) is 0.393. The fourth-order valence-corrected chi connectivity index (χ4v) is 8.46. The van der Waals surface area contributed by atoms with Crippen molar-refractivity contribution in [1.82, 2.24) is 19.2 Å². The van der Waals surface area contributed by atoms with Crippen molar-refractivity contribution in [2.45, 2.75) is 42.7 Å². The summed E-state index contributed by atoms with van der Waals surface area (Å²) in [7, 11) is -2.22. The molecule has 10 heteroatoms. The van der Waals surface area contributed by atoms with Crippen LogP contribution in [-0.2, 0) is 22.0 Å². The summed E-state index contributed by atoms with van der Waals surface area (Å²) in [6.07, 6.45) is 3.45. The second kappa shape index (κ2) is 9.77. The highest BCUT2D eigenvalue weighted by Gasteiger charge is 2.50. The van der Waals surface area contributed by atoms with Gasteiger partial charge in [-0.05, 0) is 62.7 Å². The Kier molecular flexibility index (Phi) is 6.56. The number of rotatable bonds is 6. The molecule has 2 aromatic heterocycles.